The lowest BCUT2D eigenvalue weighted by atomic mass is 9.89. The van der Waals surface area contributed by atoms with Crippen molar-refractivity contribution in [1.29, 1.82) is 0 Å². The van der Waals surface area contributed by atoms with Gasteiger partial charge in [0.1, 0.15) is 5.82 Å². The minimum Gasteiger partial charge on any atom is -0.483 e. The first-order valence-electron chi connectivity index (χ1n) is 11.5. The van der Waals surface area contributed by atoms with Gasteiger partial charge in [-0.25, -0.2) is 9.78 Å². The number of benzene rings is 1. The molecule has 1 aromatic carbocycles. The molecule has 190 valence electrons. The maximum absolute atomic E-state index is 12.4. The number of pyridine rings is 1. The molecule has 0 fully saturated rings. The molecule has 1 aliphatic rings. The van der Waals surface area contributed by atoms with Gasteiger partial charge in [-0.2, -0.15) is 5.10 Å². The van der Waals surface area contributed by atoms with Gasteiger partial charge < -0.3 is 25.7 Å². The lowest BCUT2D eigenvalue weighted by molar-refractivity contribution is -0.123. The van der Waals surface area contributed by atoms with E-state index in [1.54, 1.807) is 13.1 Å². The molecule has 0 unspecified atom stereocenters. The highest BCUT2D eigenvalue weighted by Gasteiger charge is 2.32. The predicted octanol–water partition coefficient (Wildman–Crippen LogP) is 3.60. The van der Waals surface area contributed by atoms with Gasteiger partial charge in [0.25, 0.3) is 6.47 Å². The van der Waals surface area contributed by atoms with Gasteiger partial charge in [-0.3, -0.25) is 14.3 Å². The summed E-state index contributed by atoms with van der Waals surface area (Å²) >= 11 is 0. The number of nitrogens with one attached hydrogen (secondary N) is 2. The van der Waals surface area contributed by atoms with Gasteiger partial charge in [0.2, 0.25) is 5.91 Å². The minimum atomic E-state index is -1.02. The van der Waals surface area contributed by atoms with E-state index in [1.807, 2.05) is 52.3 Å². The van der Waals surface area contributed by atoms with Crippen molar-refractivity contribution in [3.05, 3.63) is 60.6 Å². The fraction of sp³-hybridized carbons (Fsp3) is 0.320. The van der Waals surface area contributed by atoms with Crippen molar-refractivity contribution in [2.45, 2.75) is 45.3 Å². The van der Waals surface area contributed by atoms with Crippen LogP contribution < -0.4 is 15.5 Å². The summed E-state index contributed by atoms with van der Waals surface area (Å²) < 4.78 is 1.81. The van der Waals surface area contributed by atoms with Crippen LogP contribution in [0.4, 0.5) is 16.3 Å². The van der Waals surface area contributed by atoms with Crippen molar-refractivity contribution in [1.82, 2.24) is 20.1 Å². The lowest BCUT2D eigenvalue weighted by Crippen LogP contribution is -2.43. The van der Waals surface area contributed by atoms with Crippen LogP contribution in [-0.2, 0) is 16.1 Å². The number of fused-ring (bicyclic) bond motifs is 1. The van der Waals surface area contributed by atoms with Crippen molar-refractivity contribution in [2.24, 2.45) is 0 Å². The molecule has 1 aliphatic heterocycles. The van der Waals surface area contributed by atoms with Crippen LogP contribution in [0.5, 0.6) is 0 Å². The van der Waals surface area contributed by atoms with E-state index in [0.717, 1.165) is 34.6 Å². The zero-order chi connectivity index (χ0) is 26.1. The van der Waals surface area contributed by atoms with Crippen LogP contribution in [0.25, 0.3) is 11.1 Å². The molecule has 2 amide bonds. The molecule has 11 nitrogen and oxygen atoms in total. The second-order valence-corrected chi connectivity index (χ2v) is 8.34. The van der Waals surface area contributed by atoms with Crippen LogP contribution in [0.2, 0.25) is 0 Å². The monoisotopic (exact) mass is 494 g/mol. The maximum Gasteiger partial charge on any atom is 0.404 e. The Morgan fingerprint density at radius 1 is 1.22 bits per heavy atom. The summed E-state index contributed by atoms with van der Waals surface area (Å²) in [5.74, 6) is 0.820. The number of carbonyl (C=O) groups is 3. The Morgan fingerprint density at radius 2 is 2.00 bits per heavy atom. The van der Waals surface area contributed by atoms with Gasteiger partial charge in [-0.1, -0.05) is 12.1 Å². The molecule has 2 atom stereocenters. The van der Waals surface area contributed by atoms with E-state index in [0.29, 0.717) is 19.5 Å². The maximum atomic E-state index is 12.4. The number of hydrogen-bond donors (Lipinski definition) is 4. The normalized spacial score (nSPS) is 16.2. The molecule has 3 aromatic rings. The summed E-state index contributed by atoms with van der Waals surface area (Å²) in [7, 11) is 0. The molecule has 3 heterocycles. The lowest BCUT2D eigenvalue weighted by Gasteiger charge is -2.39. The highest BCUT2D eigenvalue weighted by molar-refractivity contribution is 5.94. The van der Waals surface area contributed by atoms with Crippen molar-refractivity contribution >= 4 is 30.0 Å². The summed E-state index contributed by atoms with van der Waals surface area (Å²) in [5.41, 5.74) is 3.93. The first-order valence-corrected chi connectivity index (χ1v) is 11.5. The molecule has 0 saturated carbocycles. The van der Waals surface area contributed by atoms with Gasteiger partial charge in [0.05, 0.1) is 12.2 Å². The third kappa shape index (κ3) is 6.59. The van der Waals surface area contributed by atoms with Crippen LogP contribution in [0.15, 0.2) is 55.0 Å². The Balaban J connectivity index is 0.00000115. The summed E-state index contributed by atoms with van der Waals surface area (Å²) in [4.78, 5) is 37.6. The number of amides is 2. The average molecular weight is 495 g/mol. The number of rotatable bonds is 7. The molecule has 0 spiro atoms. The molecule has 4 N–H and O–H groups in total. The van der Waals surface area contributed by atoms with Gasteiger partial charge >= 0.3 is 6.09 Å². The zero-order valence-electron chi connectivity index (χ0n) is 20.2. The van der Waals surface area contributed by atoms with E-state index in [2.05, 4.69) is 33.7 Å². The van der Waals surface area contributed by atoms with Crippen molar-refractivity contribution in [2.75, 3.05) is 16.8 Å². The largest absolute Gasteiger partial charge is 0.483 e. The van der Waals surface area contributed by atoms with Gasteiger partial charge in [-0.05, 0) is 55.2 Å². The molecular weight excluding hydrogens is 464 g/mol. The Morgan fingerprint density at radius 3 is 2.67 bits per heavy atom. The molecule has 2 aromatic heterocycles. The van der Waals surface area contributed by atoms with E-state index >= 15 is 0 Å². The summed E-state index contributed by atoms with van der Waals surface area (Å²) in [6, 6.07) is 12.0. The van der Waals surface area contributed by atoms with Crippen LogP contribution in [0, 0.1) is 0 Å². The SMILES string of the molecule is CC(=O)N1c2ccc(-c3cnn(CCCNC(=O)O)c3)cc2[C@H](Nc2ccccn2)C[C@@H]1C.O=CO. The number of hydrogen-bond acceptors (Lipinski definition) is 6. The molecule has 0 saturated heterocycles. The molecule has 11 heteroatoms. The Bertz CT molecular complexity index is 1180. The molecule has 0 aliphatic carbocycles. The van der Waals surface area contributed by atoms with E-state index in [1.165, 1.54) is 0 Å². The number of carboxylic acid groups (broad SMARTS) is 2. The quantitative estimate of drug-likeness (QED) is 0.287. The van der Waals surface area contributed by atoms with Crippen LogP contribution in [-0.4, -0.2) is 56.0 Å². The van der Waals surface area contributed by atoms with Crippen molar-refractivity contribution in [3.8, 4) is 11.1 Å². The topological polar surface area (TPSA) is 150 Å². The fourth-order valence-corrected chi connectivity index (χ4v) is 4.36. The van der Waals surface area contributed by atoms with Crippen LogP contribution >= 0.6 is 0 Å². The van der Waals surface area contributed by atoms with E-state index < -0.39 is 6.09 Å². The number of anilines is 2. The summed E-state index contributed by atoms with van der Waals surface area (Å²) in [6.07, 6.45) is 5.92. The number of carbonyl (C=O) groups excluding carboxylic acids is 1. The van der Waals surface area contributed by atoms with E-state index in [4.69, 9.17) is 15.0 Å². The number of nitrogens with zero attached hydrogens (tertiary/aromatic N) is 4. The van der Waals surface area contributed by atoms with Crippen molar-refractivity contribution in [3.63, 3.8) is 0 Å². The van der Waals surface area contributed by atoms with Crippen LogP contribution in [0.1, 0.15) is 38.3 Å². The van der Waals surface area contributed by atoms with Crippen LogP contribution in [0.3, 0.4) is 0 Å². The van der Waals surface area contributed by atoms with Gasteiger partial charge in [-0.15, -0.1) is 0 Å². The van der Waals surface area contributed by atoms with Gasteiger partial charge in [0.15, 0.2) is 0 Å². The highest BCUT2D eigenvalue weighted by Crippen LogP contribution is 2.40. The summed E-state index contributed by atoms with van der Waals surface area (Å²) in [5, 5.41) is 25.9. The Kier molecular flexibility index (Phi) is 8.98. The molecule has 4 rings (SSSR count). The fourth-order valence-electron chi connectivity index (χ4n) is 4.36. The Hall–Kier alpha value is -4.41. The smallest absolute Gasteiger partial charge is 0.404 e. The number of aryl methyl sites for hydroxylation is 1. The highest BCUT2D eigenvalue weighted by atomic mass is 16.4. The predicted molar refractivity (Wildman–Crippen MR) is 135 cm³/mol. The average Bonchev–Trinajstić information content (AvgIpc) is 3.31. The zero-order valence-corrected chi connectivity index (χ0v) is 20.2. The second-order valence-electron chi connectivity index (χ2n) is 8.34. The van der Waals surface area contributed by atoms with Gasteiger partial charge in [0, 0.05) is 49.7 Å². The Labute approximate surface area is 208 Å². The molecule has 0 bridgehead atoms. The first-order chi connectivity index (χ1) is 17.3. The number of aromatic nitrogens is 3. The van der Waals surface area contributed by atoms with E-state index in [-0.39, 0.29) is 24.5 Å². The molecule has 36 heavy (non-hydrogen) atoms. The van der Waals surface area contributed by atoms with Crippen molar-refractivity contribution < 1.29 is 24.6 Å². The third-order valence-electron chi connectivity index (χ3n) is 5.81. The first kappa shape index (κ1) is 26.2. The third-order valence-corrected chi connectivity index (χ3v) is 5.81. The summed E-state index contributed by atoms with van der Waals surface area (Å²) in [6.45, 7) is 4.41. The minimum absolute atomic E-state index is 0.0117. The standard InChI is InChI=1S/C24H28N6O3.CH2O2/c1-16-12-21(28-23-6-3-4-9-25-23)20-13-18(7-8-22(20)30(16)17(2)31)19-14-27-29(15-19)11-5-10-26-24(32)33;2-1-3/h3-4,6-9,13-16,21,26H,5,10-12H2,1-2H3,(H,25,28)(H,32,33);1H,(H,2,3)/t16-,21+;/m0./s1. The second kappa shape index (κ2) is 12.3. The van der Waals surface area contributed by atoms with E-state index in [9.17, 15) is 9.59 Å². The molecule has 0 radical (unpaired) electrons. The molecular formula is C25H30N6O5.